The van der Waals surface area contributed by atoms with Crippen molar-refractivity contribution in [3.05, 3.63) is 0 Å². The minimum absolute atomic E-state index is 0.847. The number of hydrogen-bond acceptors (Lipinski definition) is 10. The highest BCUT2D eigenvalue weighted by Crippen LogP contribution is 2.43. The van der Waals surface area contributed by atoms with Crippen LogP contribution < -0.4 is 0 Å². The Hall–Kier alpha value is 1.59. The minimum atomic E-state index is -2.40. The fraction of sp³-hybridized carbons (Fsp3) is 1.00. The van der Waals surface area contributed by atoms with Crippen LogP contribution in [0.4, 0.5) is 0 Å². The first kappa shape index (κ1) is 25.6. The molecule has 0 radical (unpaired) electrons. The van der Waals surface area contributed by atoms with E-state index in [1.807, 2.05) is 41.2 Å². The Morgan fingerprint density at radius 2 is 0.833 bits per heavy atom. The molecule has 0 amide bonds. The molecular formula is C12H30O6S4Si2. The second-order valence-electron chi connectivity index (χ2n) is 4.58. The van der Waals surface area contributed by atoms with Crippen LogP contribution in [-0.4, -0.2) is 71.8 Å². The average Bonchev–Trinajstić information content (AvgIpc) is 2.64. The van der Waals surface area contributed by atoms with Gasteiger partial charge in [0.2, 0.25) is 0 Å². The maximum Gasteiger partial charge on any atom is 0.500 e. The summed E-state index contributed by atoms with van der Waals surface area (Å²) in [6.45, 7) is 0. The molecular weight excluding hydrogens is 425 g/mol. The van der Waals surface area contributed by atoms with Gasteiger partial charge in [0, 0.05) is 66.3 Å². The Bertz CT molecular complexity index is 254. The van der Waals surface area contributed by atoms with E-state index in [0.717, 1.165) is 36.4 Å². The van der Waals surface area contributed by atoms with Crippen molar-refractivity contribution in [1.29, 1.82) is 0 Å². The molecule has 0 atom stereocenters. The van der Waals surface area contributed by atoms with Crippen LogP contribution in [0.1, 0.15) is 12.8 Å². The Kier molecular flexibility index (Phi) is 16.7. The lowest BCUT2D eigenvalue weighted by Crippen LogP contribution is -2.42. The molecule has 0 saturated heterocycles. The molecule has 12 heteroatoms. The molecule has 0 N–H and O–H groups in total. The van der Waals surface area contributed by atoms with E-state index < -0.39 is 17.6 Å². The molecule has 0 rings (SSSR count). The first-order valence-corrected chi connectivity index (χ1v) is 16.5. The molecule has 0 aliphatic carbocycles. The lowest BCUT2D eigenvalue weighted by Gasteiger charge is -2.24. The van der Waals surface area contributed by atoms with E-state index in [-0.39, 0.29) is 0 Å². The second-order valence-corrected chi connectivity index (χ2v) is 17.0. The van der Waals surface area contributed by atoms with Gasteiger partial charge < -0.3 is 26.6 Å². The van der Waals surface area contributed by atoms with Crippen molar-refractivity contribution >= 4 is 58.8 Å². The second kappa shape index (κ2) is 15.6. The summed E-state index contributed by atoms with van der Waals surface area (Å²) in [4.78, 5) is 0. The molecule has 24 heavy (non-hydrogen) atoms. The van der Waals surface area contributed by atoms with E-state index in [2.05, 4.69) is 0 Å². The maximum atomic E-state index is 5.41. The summed E-state index contributed by atoms with van der Waals surface area (Å²) >= 11 is 0. The number of rotatable bonds is 17. The Labute approximate surface area is 164 Å². The van der Waals surface area contributed by atoms with Gasteiger partial charge in [-0.05, 0) is 32.5 Å². The SMILES string of the molecule is CO[Si](CCCSSSSCCC[Si](OC)(OC)OC)(OC)OC. The van der Waals surface area contributed by atoms with Gasteiger partial charge in [0.15, 0.2) is 0 Å². The maximum absolute atomic E-state index is 5.41. The van der Waals surface area contributed by atoms with Gasteiger partial charge in [-0.15, -0.1) is 0 Å². The highest BCUT2D eigenvalue weighted by molar-refractivity contribution is 9.26. The minimum Gasteiger partial charge on any atom is -0.377 e. The summed E-state index contributed by atoms with van der Waals surface area (Å²) in [5, 5.41) is 0. The molecule has 0 spiro atoms. The van der Waals surface area contributed by atoms with Gasteiger partial charge in [0.1, 0.15) is 0 Å². The quantitative estimate of drug-likeness (QED) is 0.181. The van der Waals surface area contributed by atoms with Crippen LogP contribution >= 0.6 is 41.2 Å². The van der Waals surface area contributed by atoms with Gasteiger partial charge in [0.25, 0.3) is 0 Å². The van der Waals surface area contributed by atoms with E-state index in [0.29, 0.717) is 0 Å². The highest BCUT2D eigenvalue weighted by atomic mass is 33.7. The molecule has 0 bridgehead atoms. The zero-order valence-electron chi connectivity index (χ0n) is 15.3. The van der Waals surface area contributed by atoms with E-state index in [9.17, 15) is 0 Å². The summed E-state index contributed by atoms with van der Waals surface area (Å²) < 4.78 is 32.4. The Morgan fingerprint density at radius 3 is 1.08 bits per heavy atom. The number of hydrogen-bond donors (Lipinski definition) is 0. The third kappa shape index (κ3) is 10.1. The van der Waals surface area contributed by atoms with Crippen molar-refractivity contribution < 1.29 is 26.6 Å². The summed E-state index contributed by atoms with van der Waals surface area (Å²) in [7, 11) is 12.5. The van der Waals surface area contributed by atoms with Crippen molar-refractivity contribution in [2.45, 2.75) is 24.9 Å². The lowest BCUT2D eigenvalue weighted by atomic mass is 10.6. The van der Waals surface area contributed by atoms with E-state index in [4.69, 9.17) is 26.6 Å². The van der Waals surface area contributed by atoms with Crippen molar-refractivity contribution in [3.8, 4) is 0 Å². The first-order valence-electron chi connectivity index (χ1n) is 7.46. The first-order chi connectivity index (χ1) is 11.6. The largest absolute Gasteiger partial charge is 0.500 e. The standard InChI is InChI=1S/C12H30O6S4Si2/c1-13-23(14-2,15-3)11-7-9-19-21-22-20-10-8-12-24(16-4,17-5)18-6/h7-12H2,1-6H3. The summed E-state index contributed by atoms with van der Waals surface area (Å²) in [6, 6.07) is 1.69. The Balaban J connectivity index is 3.58. The highest BCUT2D eigenvalue weighted by Gasteiger charge is 2.37. The smallest absolute Gasteiger partial charge is 0.377 e. The van der Waals surface area contributed by atoms with Crippen LogP contribution in [0.15, 0.2) is 0 Å². The van der Waals surface area contributed by atoms with Gasteiger partial charge >= 0.3 is 17.6 Å². The predicted octanol–water partition coefficient (Wildman–Crippen LogP) is 4.20. The molecule has 146 valence electrons. The molecule has 0 fully saturated rings. The topological polar surface area (TPSA) is 55.4 Å². The molecule has 0 saturated carbocycles. The fourth-order valence-corrected chi connectivity index (χ4v) is 12.0. The van der Waals surface area contributed by atoms with E-state index in [1.54, 1.807) is 42.7 Å². The van der Waals surface area contributed by atoms with Crippen molar-refractivity contribution in [2.75, 3.05) is 54.2 Å². The third-order valence-electron chi connectivity index (χ3n) is 3.41. The van der Waals surface area contributed by atoms with Crippen molar-refractivity contribution in [1.82, 2.24) is 0 Å². The van der Waals surface area contributed by atoms with Crippen molar-refractivity contribution in [2.24, 2.45) is 0 Å². The summed E-state index contributed by atoms with van der Waals surface area (Å²) in [6.07, 6.45) is 2.04. The molecule has 0 aliphatic rings. The van der Waals surface area contributed by atoms with Crippen LogP contribution in [0.5, 0.6) is 0 Å². The van der Waals surface area contributed by atoms with Gasteiger partial charge in [-0.1, -0.05) is 21.6 Å². The van der Waals surface area contributed by atoms with E-state index in [1.165, 1.54) is 0 Å². The van der Waals surface area contributed by atoms with Crippen molar-refractivity contribution in [3.63, 3.8) is 0 Å². The zero-order chi connectivity index (χ0) is 18.3. The fourth-order valence-electron chi connectivity index (χ4n) is 1.91. The molecule has 0 aromatic rings. The summed E-state index contributed by atoms with van der Waals surface area (Å²) in [5.74, 6) is 2.10. The monoisotopic (exact) mass is 454 g/mol. The molecule has 0 aromatic heterocycles. The Morgan fingerprint density at radius 1 is 0.542 bits per heavy atom. The van der Waals surface area contributed by atoms with E-state index >= 15 is 0 Å². The molecule has 0 unspecified atom stereocenters. The van der Waals surface area contributed by atoms with Crippen LogP contribution in [-0.2, 0) is 26.6 Å². The van der Waals surface area contributed by atoms with Crippen LogP contribution in [0.2, 0.25) is 12.1 Å². The molecule has 0 aliphatic heterocycles. The van der Waals surface area contributed by atoms with Gasteiger partial charge in [-0.2, -0.15) is 0 Å². The zero-order valence-corrected chi connectivity index (χ0v) is 20.6. The van der Waals surface area contributed by atoms with Gasteiger partial charge in [0.05, 0.1) is 0 Å². The van der Waals surface area contributed by atoms with Crippen LogP contribution in [0.25, 0.3) is 0 Å². The molecule has 6 nitrogen and oxygen atoms in total. The van der Waals surface area contributed by atoms with Crippen LogP contribution in [0, 0.1) is 0 Å². The normalized spacial score (nSPS) is 12.8. The third-order valence-corrected chi connectivity index (χ3v) is 15.7. The predicted molar refractivity (Wildman–Crippen MR) is 113 cm³/mol. The molecule has 0 heterocycles. The van der Waals surface area contributed by atoms with Gasteiger partial charge in [-0.25, -0.2) is 0 Å². The lowest BCUT2D eigenvalue weighted by molar-refractivity contribution is 0.123. The van der Waals surface area contributed by atoms with Gasteiger partial charge in [-0.3, -0.25) is 0 Å². The van der Waals surface area contributed by atoms with Crippen LogP contribution in [0.3, 0.4) is 0 Å². The molecule has 0 aromatic carbocycles. The summed E-state index contributed by atoms with van der Waals surface area (Å²) in [5.41, 5.74) is 0. The average molecular weight is 455 g/mol.